The normalized spacial score (nSPS) is 15.3. The summed E-state index contributed by atoms with van der Waals surface area (Å²) in [6.45, 7) is -0.00463. The SMILES string of the molecule is NC1CCCCC1.NCC(N)C(=O)O.O=Cc1ccc(O)cc1. The van der Waals surface area contributed by atoms with Crippen LogP contribution in [0.15, 0.2) is 24.3 Å². The summed E-state index contributed by atoms with van der Waals surface area (Å²) in [5, 5.41) is 16.7. The number of nitrogens with two attached hydrogens (primary N) is 3. The van der Waals surface area contributed by atoms with E-state index >= 15 is 0 Å². The molecule has 7 heteroatoms. The molecule has 1 aliphatic rings. The molecule has 1 aromatic carbocycles. The van der Waals surface area contributed by atoms with Crippen molar-refractivity contribution in [3.05, 3.63) is 29.8 Å². The molecule has 0 aliphatic heterocycles. The van der Waals surface area contributed by atoms with E-state index in [2.05, 4.69) is 0 Å². The van der Waals surface area contributed by atoms with Crippen molar-refractivity contribution < 1.29 is 19.8 Å². The molecule has 0 heterocycles. The topological polar surface area (TPSA) is 153 Å². The molecule has 0 amide bonds. The van der Waals surface area contributed by atoms with Crippen molar-refractivity contribution >= 4 is 12.3 Å². The van der Waals surface area contributed by atoms with Crippen LogP contribution in [0.5, 0.6) is 5.75 Å². The van der Waals surface area contributed by atoms with E-state index in [1.54, 1.807) is 12.1 Å². The van der Waals surface area contributed by atoms with Gasteiger partial charge >= 0.3 is 5.97 Å². The number of carboxylic acids is 1. The lowest BCUT2D eigenvalue weighted by atomic mass is 9.97. The summed E-state index contributed by atoms with van der Waals surface area (Å²) in [5.41, 5.74) is 16.0. The van der Waals surface area contributed by atoms with E-state index in [0.29, 0.717) is 11.6 Å². The Morgan fingerprint density at radius 2 is 1.74 bits per heavy atom. The van der Waals surface area contributed by atoms with Gasteiger partial charge in [-0.15, -0.1) is 0 Å². The van der Waals surface area contributed by atoms with Crippen LogP contribution < -0.4 is 17.2 Å². The van der Waals surface area contributed by atoms with Crippen LogP contribution in [0.1, 0.15) is 42.5 Å². The van der Waals surface area contributed by atoms with Gasteiger partial charge in [0.15, 0.2) is 0 Å². The van der Waals surface area contributed by atoms with Gasteiger partial charge in [0.25, 0.3) is 0 Å². The van der Waals surface area contributed by atoms with Crippen LogP contribution in [0.2, 0.25) is 0 Å². The second-order valence-corrected chi connectivity index (χ2v) is 5.29. The third-order valence-electron chi connectivity index (χ3n) is 3.25. The van der Waals surface area contributed by atoms with Crippen molar-refractivity contribution in [2.45, 2.75) is 44.2 Å². The Bertz CT molecular complexity index is 445. The second-order valence-electron chi connectivity index (χ2n) is 5.29. The molecular weight excluding hydrogens is 298 g/mol. The van der Waals surface area contributed by atoms with Gasteiger partial charge in [-0.1, -0.05) is 19.3 Å². The molecule has 1 fully saturated rings. The van der Waals surface area contributed by atoms with Gasteiger partial charge in [0.2, 0.25) is 0 Å². The fourth-order valence-corrected chi connectivity index (χ4v) is 1.79. The minimum atomic E-state index is -1.05. The van der Waals surface area contributed by atoms with Crippen molar-refractivity contribution in [2.75, 3.05) is 6.54 Å². The largest absolute Gasteiger partial charge is 0.508 e. The van der Waals surface area contributed by atoms with Gasteiger partial charge in [-0.25, -0.2) is 0 Å². The number of carbonyl (C=O) groups excluding carboxylic acids is 1. The number of hydrogen-bond donors (Lipinski definition) is 5. The van der Waals surface area contributed by atoms with Crippen LogP contribution in [0, 0.1) is 0 Å². The van der Waals surface area contributed by atoms with Crippen molar-refractivity contribution in [1.29, 1.82) is 0 Å². The molecule has 23 heavy (non-hydrogen) atoms. The number of aromatic hydroxyl groups is 1. The number of rotatable bonds is 3. The Balaban J connectivity index is 0.000000320. The first-order valence-electron chi connectivity index (χ1n) is 7.59. The first-order chi connectivity index (χ1) is 10.9. The van der Waals surface area contributed by atoms with E-state index in [1.165, 1.54) is 44.2 Å². The van der Waals surface area contributed by atoms with Gasteiger partial charge in [-0.3, -0.25) is 9.59 Å². The van der Waals surface area contributed by atoms with Crippen molar-refractivity contribution in [3.8, 4) is 5.75 Å². The van der Waals surface area contributed by atoms with Crippen molar-refractivity contribution in [1.82, 2.24) is 0 Å². The molecule has 1 unspecified atom stereocenters. The molecular formula is C16H27N3O4. The van der Waals surface area contributed by atoms with Crippen molar-refractivity contribution in [2.24, 2.45) is 17.2 Å². The lowest BCUT2D eigenvalue weighted by molar-refractivity contribution is -0.138. The molecule has 2 rings (SSSR count). The number of aldehydes is 1. The average molecular weight is 325 g/mol. The highest BCUT2D eigenvalue weighted by Crippen LogP contribution is 2.14. The number of phenolic OH excluding ortho intramolecular Hbond substituents is 1. The number of benzene rings is 1. The zero-order valence-electron chi connectivity index (χ0n) is 13.2. The van der Waals surface area contributed by atoms with Crippen LogP contribution >= 0.6 is 0 Å². The van der Waals surface area contributed by atoms with Gasteiger partial charge in [0, 0.05) is 18.2 Å². The Morgan fingerprint density at radius 3 is 2.00 bits per heavy atom. The standard InChI is InChI=1S/C7H6O2.C6H13N.C3H8N2O2/c8-5-6-1-3-7(9)4-2-6;7-6-4-2-1-3-5-6;4-1-2(5)3(6)7/h1-5,9H;6H,1-5,7H2;2H,1,4-5H2,(H,6,7). The number of phenols is 1. The number of carbonyl (C=O) groups is 2. The van der Waals surface area contributed by atoms with E-state index in [1.807, 2.05) is 0 Å². The van der Waals surface area contributed by atoms with Crippen LogP contribution in [0.3, 0.4) is 0 Å². The van der Waals surface area contributed by atoms with Crippen LogP contribution in [-0.2, 0) is 4.79 Å². The van der Waals surface area contributed by atoms with Crippen LogP contribution in [-0.4, -0.2) is 41.1 Å². The monoisotopic (exact) mass is 325 g/mol. The molecule has 1 aromatic rings. The molecule has 0 saturated heterocycles. The third kappa shape index (κ3) is 11.3. The zero-order chi connectivity index (χ0) is 17.7. The summed E-state index contributed by atoms with van der Waals surface area (Å²) >= 11 is 0. The van der Waals surface area contributed by atoms with E-state index in [-0.39, 0.29) is 12.3 Å². The fourth-order valence-electron chi connectivity index (χ4n) is 1.79. The summed E-state index contributed by atoms with van der Waals surface area (Å²) < 4.78 is 0. The van der Waals surface area contributed by atoms with E-state index < -0.39 is 12.0 Å². The van der Waals surface area contributed by atoms with Gasteiger partial charge < -0.3 is 27.4 Å². The van der Waals surface area contributed by atoms with Gasteiger partial charge in [0.1, 0.15) is 18.1 Å². The predicted molar refractivity (Wildman–Crippen MR) is 89.2 cm³/mol. The first kappa shape index (κ1) is 21.0. The van der Waals surface area contributed by atoms with Gasteiger partial charge in [-0.2, -0.15) is 0 Å². The molecule has 0 bridgehead atoms. The van der Waals surface area contributed by atoms with E-state index in [9.17, 15) is 9.59 Å². The minimum Gasteiger partial charge on any atom is -0.508 e. The van der Waals surface area contributed by atoms with Gasteiger partial charge in [0.05, 0.1) is 0 Å². The third-order valence-corrected chi connectivity index (χ3v) is 3.25. The Kier molecular flexibility index (Phi) is 11.5. The smallest absolute Gasteiger partial charge is 0.321 e. The molecule has 130 valence electrons. The van der Waals surface area contributed by atoms with Crippen LogP contribution in [0.4, 0.5) is 0 Å². The molecule has 7 nitrogen and oxygen atoms in total. The lowest BCUT2D eigenvalue weighted by Crippen LogP contribution is -2.37. The predicted octanol–water partition coefficient (Wildman–Crippen LogP) is 0.840. The summed E-state index contributed by atoms with van der Waals surface area (Å²) in [5.74, 6) is -0.872. The average Bonchev–Trinajstić information content (AvgIpc) is 2.56. The number of aliphatic carboxylic acids is 1. The maximum absolute atomic E-state index is 10.0. The molecule has 0 spiro atoms. The highest BCUT2D eigenvalue weighted by molar-refractivity contribution is 5.74. The summed E-state index contributed by atoms with van der Waals surface area (Å²) in [6.07, 6.45) is 7.40. The van der Waals surface area contributed by atoms with E-state index in [4.69, 9.17) is 27.4 Å². The molecule has 1 saturated carbocycles. The maximum Gasteiger partial charge on any atom is 0.321 e. The maximum atomic E-state index is 10.0. The Hall–Kier alpha value is -1.96. The number of carboxylic acid groups (broad SMARTS) is 1. The summed E-state index contributed by atoms with van der Waals surface area (Å²) in [6, 6.07) is 5.70. The zero-order valence-corrected chi connectivity index (χ0v) is 13.2. The second kappa shape index (κ2) is 12.6. The Labute approximate surface area is 136 Å². The van der Waals surface area contributed by atoms with Gasteiger partial charge in [-0.05, 0) is 37.1 Å². The highest BCUT2D eigenvalue weighted by atomic mass is 16.4. The minimum absolute atomic E-state index is 0.00463. The molecule has 0 aromatic heterocycles. The van der Waals surface area contributed by atoms with Crippen molar-refractivity contribution in [3.63, 3.8) is 0 Å². The molecule has 0 radical (unpaired) electrons. The molecule has 8 N–H and O–H groups in total. The fraction of sp³-hybridized carbons (Fsp3) is 0.500. The lowest BCUT2D eigenvalue weighted by Gasteiger charge is -2.15. The first-order valence-corrected chi connectivity index (χ1v) is 7.59. The van der Waals surface area contributed by atoms with E-state index in [0.717, 1.165) is 6.29 Å². The Morgan fingerprint density at radius 1 is 1.22 bits per heavy atom. The molecule has 1 atom stereocenters. The number of hydrogen-bond acceptors (Lipinski definition) is 6. The summed E-state index contributed by atoms with van der Waals surface area (Å²) in [4.78, 5) is 19.8. The quantitative estimate of drug-likeness (QED) is 0.516. The molecule has 1 aliphatic carbocycles. The van der Waals surface area contributed by atoms with Crippen LogP contribution in [0.25, 0.3) is 0 Å². The summed E-state index contributed by atoms with van der Waals surface area (Å²) in [7, 11) is 0. The highest BCUT2D eigenvalue weighted by Gasteiger charge is 2.06.